The highest BCUT2D eigenvalue weighted by Gasteiger charge is 2.49. The highest BCUT2D eigenvalue weighted by Crippen LogP contribution is 2.55. The lowest BCUT2D eigenvalue weighted by atomic mass is 9.69. The van der Waals surface area contributed by atoms with E-state index in [0.29, 0.717) is 11.4 Å². The Hall–Kier alpha value is -3.45. The summed E-state index contributed by atoms with van der Waals surface area (Å²) in [7, 11) is 1.41. The summed E-state index contributed by atoms with van der Waals surface area (Å²) in [6.45, 7) is 4.27. The molecule has 1 N–H and O–H groups in total. The zero-order valence-electron chi connectivity index (χ0n) is 19.2. The van der Waals surface area contributed by atoms with Crippen molar-refractivity contribution in [2.24, 2.45) is 5.41 Å². The molecule has 0 unspecified atom stereocenters. The smallest absolute Gasteiger partial charge is 0.354 e. The molecule has 0 radical (unpaired) electrons. The maximum absolute atomic E-state index is 14.1. The van der Waals surface area contributed by atoms with Crippen LogP contribution in [0.3, 0.4) is 0 Å². The highest BCUT2D eigenvalue weighted by molar-refractivity contribution is 6.14. The number of hydrogen-bond acceptors (Lipinski definition) is 4. The van der Waals surface area contributed by atoms with Gasteiger partial charge in [-0.05, 0) is 61.7 Å². The lowest BCUT2D eigenvalue weighted by molar-refractivity contribution is -0.134. The SMILES string of the molecule is COC(=O)C1=C[C@]2(C)CCCN3CCc4c(n1c1cc(NC(=O)c5ccccc5F)ccc41)[C@@H]32. The lowest BCUT2D eigenvalue weighted by Crippen LogP contribution is -2.50. The Morgan fingerprint density at radius 3 is 2.79 bits per heavy atom. The molecule has 1 aromatic heterocycles. The van der Waals surface area contributed by atoms with Gasteiger partial charge in [0.1, 0.15) is 11.5 Å². The van der Waals surface area contributed by atoms with Crippen molar-refractivity contribution < 1.29 is 18.7 Å². The second-order valence-corrected chi connectivity index (χ2v) is 9.68. The van der Waals surface area contributed by atoms with Crippen LogP contribution in [0.2, 0.25) is 0 Å². The van der Waals surface area contributed by atoms with Gasteiger partial charge in [-0.1, -0.05) is 25.1 Å². The van der Waals surface area contributed by atoms with Crippen LogP contribution in [-0.4, -0.2) is 41.5 Å². The van der Waals surface area contributed by atoms with Gasteiger partial charge in [-0.15, -0.1) is 0 Å². The molecular formula is C27H26FN3O3. The topological polar surface area (TPSA) is 63.6 Å². The first-order valence-corrected chi connectivity index (χ1v) is 11.7. The van der Waals surface area contributed by atoms with Crippen LogP contribution in [0, 0.1) is 11.2 Å². The van der Waals surface area contributed by atoms with E-state index in [2.05, 4.69) is 23.2 Å². The third-order valence-electron chi connectivity index (χ3n) is 7.65. The molecule has 0 saturated carbocycles. The van der Waals surface area contributed by atoms with E-state index < -0.39 is 11.7 Å². The number of anilines is 1. The van der Waals surface area contributed by atoms with Crippen molar-refractivity contribution >= 4 is 34.2 Å². The van der Waals surface area contributed by atoms with Crippen LogP contribution < -0.4 is 5.32 Å². The van der Waals surface area contributed by atoms with Crippen LogP contribution in [0.25, 0.3) is 16.6 Å². The maximum atomic E-state index is 14.1. The summed E-state index contributed by atoms with van der Waals surface area (Å²) in [5.74, 6) is -1.45. The van der Waals surface area contributed by atoms with Gasteiger partial charge in [-0.25, -0.2) is 9.18 Å². The number of ether oxygens (including phenoxy) is 1. The van der Waals surface area contributed by atoms with Crippen LogP contribution in [-0.2, 0) is 16.0 Å². The molecule has 6 nitrogen and oxygen atoms in total. The minimum Gasteiger partial charge on any atom is -0.464 e. The van der Waals surface area contributed by atoms with E-state index in [-0.39, 0.29) is 23.0 Å². The molecular weight excluding hydrogens is 433 g/mol. The zero-order chi connectivity index (χ0) is 23.6. The molecule has 3 aromatic rings. The maximum Gasteiger partial charge on any atom is 0.354 e. The van der Waals surface area contributed by atoms with Gasteiger partial charge in [-0.3, -0.25) is 9.69 Å². The number of nitrogens with zero attached hydrogens (tertiary/aromatic N) is 2. The summed E-state index contributed by atoms with van der Waals surface area (Å²) in [6.07, 6.45) is 5.10. The van der Waals surface area contributed by atoms with Crippen molar-refractivity contribution in [3.63, 3.8) is 0 Å². The second kappa shape index (κ2) is 7.53. The standard InChI is InChI=1S/C27H26FN3O3/c1-27-11-5-12-30-13-10-18-17-9-8-16(29-25(32)19-6-3-4-7-20(19)28)14-21(17)31(23(18)24(27)30)22(15-27)26(33)34-2/h3-4,6-9,14-15,24H,5,10-13H2,1-2H3,(H,29,32)/t24-,27+/m1/s1. The van der Waals surface area contributed by atoms with Gasteiger partial charge in [0.15, 0.2) is 0 Å². The molecule has 1 saturated heterocycles. The molecule has 0 aliphatic carbocycles. The van der Waals surface area contributed by atoms with Crippen LogP contribution in [0.15, 0.2) is 48.5 Å². The molecule has 34 heavy (non-hydrogen) atoms. The highest BCUT2D eigenvalue weighted by atomic mass is 19.1. The number of benzene rings is 2. The zero-order valence-corrected chi connectivity index (χ0v) is 19.2. The number of amides is 1. The summed E-state index contributed by atoms with van der Waals surface area (Å²) in [6, 6.07) is 11.8. The predicted molar refractivity (Wildman–Crippen MR) is 128 cm³/mol. The van der Waals surface area contributed by atoms with Gasteiger partial charge in [0.2, 0.25) is 0 Å². The molecule has 3 aliphatic heterocycles. The number of carbonyl (C=O) groups excluding carboxylic acids is 2. The fourth-order valence-corrected chi connectivity index (χ4v) is 6.22. The van der Waals surface area contributed by atoms with Gasteiger partial charge in [0.05, 0.1) is 24.2 Å². The van der Waals surface area contributed by atoms with Crippen LogP contribution in [0.5, 0.6) is 0 Å². The number of methoxy groups -OCH3 is 1. The Balaban J connectivity index is 1.52. The van der Waals surface area contributed by atoms with Gasteiger partial charge in [-0.2, -0.15) is 0 Å². The monoisotopic (exact) mass is 459 g/mol. The van der Waals surface area contributed by atoms with E-state index in [1.165, 1.54) is 24.8 Å². The Morgan fingerprint density at radius 2 is 2.00 bits per heavy atom. The Labute approximate surface area is 197 Å². The van der Waals surface area contributed by atoms with Gasteiger partial charge in [0, 0.05) is 28.7 Å². The first kappa shape index (κ1) is 21.1. The first-order chi connectivity index (χ1) is 16.4. The molecule has 4 heterocycles. The van der Waals surface area contributed by atoms with Crippen molar-refractivity contribution in [1.82, 2.24) is 9.47 Å². The van der Waals surface area contributed by atoms with Crippen LogP contribution in [0.4, 0.5) is 10.1 Å². The Kier molecular flexibility index (Phi) is 4.68. The van der Waals surface area contributed by atoms with Crippen molar-refractivity contribution in [2.75, 3.05) is 25.5 Å². The molecule has 7 heteroatoms. The minimum atomic E-state index is -0.568. The van der Waals surface area contributed by atoms with E-state index in [4.69, 9.17) is 4.74 Å². The van der Waals surface area contributed by atoms with E-state index in [9.17, 15) is 14.0 Å². The number of carbonyl (C=O) groups is 2. The first-order valence-electron chi connectivity index (χ1n) is 11.7. The van der Waals surface area contributed by atoms with Crippen molar-refractivity contribution in [2.45, 2.75) is 32.2 Å². The molecule has 2 atom stereocenters. The Bertz CT molecular complexity index is 1390. The summed E-state index contributed by atoms with van der Waals surface area (Å²) >= 11 is 0. The number of piperidine rings is 1. The predicted octanol–water partition coefficient (Wildman–Crippen LogP) is 4.76. The second-order valence-electron chi connectivity index (χ2n) is 9.68. The molecule has 174 valence electrons. The number of aromatic nitrogens is 1. The van der Waals surface area contributed by atoms with Gasteiger partial charge in [0.25, 0.3) is 5.91 Å². The van der Waals surface area contributed by atoms with Crippen LogP contribution >= 0.6 is 0 Å². The molecule has 0 spiro atoms. The fraction of sp³-hybridized carbons (Fsp3) is 0.333. The summed E-state index contributed by atoms with van der Waals surface area (Å²) in [5, 5.41) is 3.89. The summed E-state index contributed by atoms with van der Waals surface area (Å²) in [4.78, 5) is 28.2. The number of halogens is 1. The van der Waals surface area contributed by atoms with Gasteiger partial charge >= 0.3 is 5.97 Å². The number of fused-ring (bicyclic) bond motifs is 3. The third kappa shape index (κ3) is 2.96. The number of rotatable bonds is 3. The fourth-order valence-electron chi connectivity index (χ4n) is 6.22. The van der Waals surface area contributed by atoms with E-state index in [0.717, 1.165) is 48.9 Å². The van der Waals surface area contributed by atoms with E-state index >= 15 is 0 Å². The number of hydrogen-bond donors (Lipinski definition) is 1. The largest absolute Gasteiger partial charge is 0.464 e. The average molecular weight is 460 g/mol. The minimum absolute atomic E-state index is 0.0119. The van der Waals surface area contributed by atoms with Crippen LogP contribution in [0.1, 0.15) is 47.4 Å². The Morgan fingerprint density at radius 1 is 1.18 bits per heavy atom. The summed E-state index contributed by atoms with van der Waals surface area (Å²) in [5.41, 5.74) is 4.17. The quantitative estimate of drug-likeness (QED) is 0.574. The summed E-state index contributed by atoms with van der Waals surface area (Å²) < 4.78 is 21.3. The molecule has 3 aliphatic rings. The van der Waals surface area contributed by atoms with Gasteiger partial charge < -0.3 is 14.6 Å². The third-order valence-corrected chi connectivity index (χ3v) is 7.65. The molecule has 6 rings (SSSR count). The average Bonchev–Trinajstić information content (AvgIpc) is 3.16. The van der Waals surface area contributed by atoms with E-state index in [1.54, 1.807) is 12.1 Å². The van der Waals surface area contributed by atoms with Crippen molar-refractivity contribution in [3.8, 4) is 0 Å². The lowest BCUT2D eigenvalue weighted by Gasteiger charge is -2.52. The normalized spacial score (nSPS) is 23.3. The molecule has 1 fully saturated rings. The van der Waals surface area contributed by atoms with Crippen molar-refractivity contribution in [1.29, 1.82) is 0 Å². The molecule has 1 amide bonds. The number of nitrogens with one attached hydrogen (secondary N) is 1. The number of esters is 1. The molecule has 2 aromatic carbocycles. The van der Waals surface area contributed by atoms with E-state index in [1.807, 2.05) is 22.8 Å². The van der Waals surface area contributed by atoms with Crippen molar-refractivity contribution in [3.05, 3.63) is 71.2 Å². The molecule has 0 bridgehead atoms.